The maximum absolute atomic E-state index is 12.2. The van der Waals surface area contributed by atoms with Crippen molar-refractivity contribution in [3.63, 3.8) is 0 Å². The van der Waals surface area contributed by atoms with Crippen molar-refractivity contribution in [1.29, 1.82) is 0 Å². The average Bonchev–Trinajstić information content (AvgIpc) is 3.28. The molecule has 17 heteroatoms. The van der Waals surface area contributed by atoms with E-state index in [4.69, 9.17) is 15.0 Å². The third kappa shape index (κ3) is 5.66. The minimum absolute atomic E-state index is 0.00549. The molecule has 0 amide bonds. The van der Waals surface area contributed by atoms with Crippen molar-refractivity contribution in [3.8, 4) is 0 Å². The number of rotatable bonds is 8. The zero-order valence-electron chi connectivity index (χ0n) is 15.4. The summed E-state index contributed by atoms with van der Waals surface area (Å²) in [5.74, 6) is -2.12. The fourth-order valence-corrected chi connectivity index (χ4v) is 6.08. The molecule has 0 saturated carbocycles. The lowest BCUT2D eigenvalue weighted by atomic mass is 10.1. The van der Waals surface area contributed by atoms with Crippen LogP contribution in [-0.2, 0) is 22.9 Å². The topological polar surface area (TPSA) is 224 Å². The predicted molar refractivity (Wildman–Crippen MR) is 105 cm³/mol. The summed E-state index contributed by atoms with van der Waals surface area (Å²) in [6.45, 7) is -0.808. The van der Waals surface area contributed by atoms with Crippen molar-refractivity contribution in [1.82, 2.24) is 9.55 Å². The van der Waals surface area contributed by atoms with Crippen LogP contribution in [0.4, 0.5) is 5.82 Å². The highest BCUT2D eigenvalue weighted by Crippen LogP contribution is 2.61. The molecule has 0 aromatic carbocycles. The highest BCUT2D eigenvalue weighted by molar-refractivity contribution is 7.54. The van der Waals surface area contributed by atoms with E-state index in [9.17, 15) is 38.8 Å². The van der Waals surface area contributed by atoms with Gasteiger partial charge < -0.3 is 35.4 Å². The van der Waals surface area contributed by atoms with E-state index in [1.165, 1.54) is 29.8 Å². The monoisotopic (exact) mass is 499 g/mol. The normalized spacial score (nSPS) is 27.1. The van der Waals surface area contributed by atoms with Crippen LogP contribution in [0.5, 0.6) is 0 Å². The van der Waals surface area contributed by atoms with Gasteiger partial charge >= 0.3 is 21.1 Å². The van der Waals surface area contributed by atoms with E-state index in [1.54, 1.807) is 0 Å². The summed E-state index contributed by atoms with van der Waals surface area (Å²) in [5.41, 5.74) is 4.53. The van der Waals surface area contributed by atoms with Gasteiger partial charge in [0.05, 0.1) is 6.61 Å². The molecule has 7 N–H and O–H groups in total. The number of aromatic nitrogens is 2. The van der Waals surface area contributed by atoms with Gasteiger partial charge in [-0.2, -0.15) is 4.98 Å². The Kier molecular flexibility index (Phi) is 7.15. The molecule has 6 atom stereocenters. The van der Waals surface area contributed by atoms with Gasteiger partial charge in [-0.15, -0.1) is 11.3 Å². The van der Waals surface area contributed by atoms with Gasteiger partial charge in [-0.3, -0.25) is 18.2 Å². The van der Waals surface area contributed by atoms with Gasteiger partial charge in [0.1, 0.15) is 24.1 Å². The molecule has 31 heavy (non-hydrogen) atoms. The van der Waals surface area contributed by atoms with Gasteiger partial charge in [0, 0.05) is 11.1 Å². The molecule has 2 aromatic rings. The van der Waals surface area contributed by atoms with Gasteiger partial charge in [-0.25, -0.2) is 9.36 Å². The van der Waals surface area contributed by atoms with Gasteiger partial charge in [-0.05, 0) is 17.5 Å². The number of nitrogen functional groups attached to an aromatic ring is 1. The number of ether oxygens (including phenoxy) is 1. The molecule has 1 fully saturated rings. The van der Waals surface area contributed by atoms with Crippen LogP contribution in [0, 0.1) is 0 Å². The molecular formula is C14H19N3O11P2S. The molecular weight excluding hydrogens is 480 g/mol. The summed E-state index contributed by atoms with van der Waals surface area (Å²) >= 11 is 0.893. The van der Waals surface area contributed by atoms with E-state index < -0.39 is 58.1 Å². The Labute approximate surface area is 178 Å². The van der Waals surface area contributed by atoms with Crippen LogP contribution < -0.4 is 11.4 Å². The molecule has 0 bridgehead atoms. The number of hydrogen-bond donors (Lipinski definition) is 6. The first-order valence-corrected chi connectivity index (χ1v) is 12.6. The Balaban J connectivity index is 1.69. The molecule has 1 saturated heterocycles. The first-order chi connectivity index (χ1) is 14.4. The summed E-state index contributed by atoms with van der Waals surface area (Å²) < 4.78 is 39.5. The molecule has 172 valence electrons. The number of phosphoric acid groups is 1. The number of thiophene rings is 1. The lowest BCUT2D eigenvalue weighted by Crippen LogP contribution is -2.36. The van der Waals surface area contributed by atoms with E-state index in [0.717, 1.165) is 15.9 Å². The first kappa shape index (κ1) is 24.2. The Hall–Kier alpha value is -1.48. The quantitative estimate of drug-likeness (QED) is 0.253. The SMILES string of the molecule is Nc1ccn([C@@H]2O[C@H](COP(=O)(O)OC(c3cccs3)P(=O)(O)O)[C@@H](O)[C@H]2O)c(=O)n1. The second kappa shape index (κ2) is 9.17. The number of aliphatic hydroxyl groups is 2. The van der Waals surface area contributed by atoms with Crippen LogP contribution in [0.1, 0.15) is 17.0 Å². The summed E-state index contributed by atoms with van der Waals surface area (Å²) in [7, 11) is -10.0. The molecule has 14 nitrogen and oxygen atoms in total. The predicted octanol–water partition coefficient (Wildman–Crippen LogP) is -0.484. The van der Waals surface area contributed by atoms with Crippen LogP contribution in [-0.4, -0.2) is 59.4 Å². The Morgan fingerprint density at radius 2 is 1.97 bits per heavy atom. The molecule has 1 aliphatic heterocycles. The maximum Gasteiger partial charge on any atom is 0.473 e. The standard InChI is InChI=1S/C14H19N3O11P2S/c15-9-3-4-17(14(20)16-9)12-11(19)10(18)7(27-12)6-26-30(24,25)28-13(29(21,22)23)8-2-1-5-31-8/h1-5,7,10-13,18-19H,6H2,(H,24,25)(H2,15,16,20)(H2,21,22,23)/t7-,10-,11-,12-,13?/m1/s1. The molecule has 3 heterocycles. The van der Waals surface area contributed by atoms with Gasteiger partial charge in [0.25, 0.3) is 0 Å². The number of nitrogens with zero attached hydrogens (tertiary/aromatic N) is 2. The largest absolute Gasteiger partial charge is 0.473 e. The second-order valence-electron chi connectivity index (χ2n) is 6.42. The highest BCUT2D eigenvalue weighted by atomic mass is 32.1. The zero-order chi connectivity index (χ0) is 23.0. The molecule has 0 aliphatic carbocycles. The van der Waals surface area contributed by atoms with Crippen LogP contribution in [0.2, 0.25) is 0 Å². The van der Waals surface area contributed by atoms with Crippen molar-refractivity contribution >= 4 is 32.6 Å². The van der Waals surface area contributed by atoms with Crippen molar-refractivity contribution in [3.05, 3.63) is 45.1 Å². The third-order valence-electron chi connectivity index (χ3n) is 4.19. The second-order valence-corrected chi connectivity index (χ2v) is 10.4. The van der Waals surface area contributed by atoms with E-state index in [-0.39, 0.29) is 10.7 Å². The van der Waals surface area contributed by atoms with Gasteiger partial charge in [-0.1, -0.05) is 6.07 Å². The maximum atomic E-state index is 12.2. The molecule has 1 aliphatic rings. The van der Waals surface area contributed by atoms with Crippen LogP contribution in [0.3, 0.4) is 0 Å². The Morgan fingerprint density at radius 3 is 2.55 bits per heavy atom. The van der Waals surface area contributed by atoms with E-state index in [1.807, 2.05) is 0 Å². The van der Waals surface area contributed by atoms with Crippen LogP contribution in [0.25, 0.3) is 0 Å². The smallest absolute Gasteiger partial charge is 0.387 e. The molecule has 0 spiro atoms. The fraction of sp³-hybridized carbons (Fsp3) is 0.429. The number of phosphoric ester groups is 1. The summed E-state index contributed by atoms with van der Waals surface area (Å²) in [4.78, 5) is 44.2. The zero-order valence-corrected chi connectivity index (χ0v) is 18.0. The first-order valence-electron chi connectivity index (χ1n) is 8.49. The van der Waals surface area contributed by atoms with Crippen molar-refractivity contribution < 1.29 is 47.8 Å². The molecule has 0 radical (unpaired) electrons. The molecule has 2 aromatic heterocycles. The fourth-order valence-electron chi connectivity index (χ4n) is 2.75. The van der Waals surface area contributed by atoms with Crippen molar-refractivity contribution in [2.45, 2.75) is 30.4 Å². The van der Waals surface area contributed by atoms with Crippen LogP contribution in [0.15, 0.2) is 34.6 Å². The van der Waals surface area contributed by atoms with E-state index in [0.29, 0.717) is 0 Å². The summed E-state index contributed by atoms with van der Waals surface area (Å²) in [6, 6.07) is 4.03. The van der Waals surface area contributed by atoms with Gasteiger partial charge in [0.15, 0.2) is 6.23 Å². The Bertz CT molecular complexity index is 1060. The van der Waals surface area contributed by atoms with E-state index >= 15 is 0 Å². The lowest BCUT2D eigenvalue weighted by molar-refractivity contribution is -0.0556. The number of aliphatic hydroxyl groups excluding tert-OH is 2. The number of nitrogens with two attached hydrogens (primary N) is 1. The van der Waals surface area contributed by atoms with Crippen molar-refractivity contribution in [2.75, 3.05) is 12.3 Å². The summed E-state index contributed by atoms with van der Waals surface area (Å²) in [5, 5.41) is 21.8. The van der Waals surface area contributed by atoms with Crippen molar-refractivity contribution in [2.24, 2.45) is 0 Å². The average molecular weight is 499 g/mol. The van der Waals surface area contributed by atoms with Crippen LogP contribution >= 0.6 is 26.8 Å². The Morgan fingerprint density at radius 1 is 1.26 bits per heavy atom. The minimum atomic E-state index is -5.05. The summed E-state index contributed by atoms with van der Waals surface area (Å²) in [6.07, 6.45) is -4.85. The van der Waals surface area contributed by atoms with Gasteiger partial charge in [0.2, 0.25) is 5.85 Å². The molecule has 3 rings (SSSR count). The lowest BCUT2D eigenvalue weighted by Gasteiger charge is -2.22. The third-order valence-corrected chi connectivity index (χ3v) is 7.39. The highest BCUT2D eigenvalue weighted by Gasteiger charge is 2.46. The minimum Gasteiger partial charge on any atom is -0.387 e. The number of hydrogen-bond acceptors (Lipinski definition) is 11. The van der Waals surface area contributed by atoms with E-state index in [2.05, 4.69) is 9.51 Å². The molecule has 2 unspecified atom stereocenters. The number of anilines is 1.